The molecule has 1 saturated carbocycles. The fraction of sp³-hybridized carbons (Fsp3) is 0.478. The molecule has 0 radical (unpaired) electrons. The van der Waals surface area contributed by atoms with Crippen molar-refractivity contribution in [1.82, 2.24) is 14.9 Å². The molecular formula is C23H27FN4O2. The highest BCUT2D eigenvalue weighted by molar-refractivity contribution is 5.95. The van der Waals surface area contributed by atoms with Gasteiger partial charge in [0.25, 0.3) is 0 Å². The lowest BCUT2D eigenvalue weighted by Gasteiger charge is -2.29. The van der Waals surface area contributed by atoms with Crippen LogP contribution in [0.1, 0.15) is 48.3 Å². The molecule has 1 aliphatic carbocycles. The first-order valence-corrected chi connectivity index (χ1v) is 10.6. The SMILES string of the molecule is Cc1nc(CN(C)C(=O)CCc2ccc(F)cc2)nc2c1CCC(=O)N2CC1CC1. The monoisotopic (exact) mass is 410 g/mol. The number of halogens is 1. The van der Waals surface area contributed by atoms with E-state index in [1.54, 1.807) is 24.1 Å². The number of fused-ring (bicyclic) bond motifs is 1. The third-order valence-corrected chi connectivity index (χ3v) is 5.87. The molecule has 0 N–H and O–H groups in total. The van der Waals surface area contributed by atoms with Crippen LogP contribution >= 0.6 is 0 Å². The summed E-state index contributed by atoms with van der Waals surface area (Å²) in [7, 11) is 1.73. The minimum Gasteiger partial charge on any atom is -0.338 e. The van der Waals surface area contributed by atoms with Crippen LogP contribution in [0.2, 0.25) is 0 Å². The highest BCUT2D eigenvalue weighted by atomic mass is 19.1. The van der Waals surface area contributed by atoms with Gasteiger partial charge in [0.15, 0.2) is 0 Å². The molecule has 0 unspecified atom stereocenters. The van der Waals surface area contributed by atoms with Crippen LogP contribution in [0.25, 0.3) is 0 Å². The van der Waals surface area contributed by atoms with Gasteiger partial charge in [0.2, 0.25) is 11.8 Å². The van der Waals surface area contributed by atoms with Crippen molar-refractivity contribution in [2.45, 2.75) is 52.0 Å². The van der Waals surface area contributed by atoms with E-state index in [-0.39, 0.29) is 17.6 Å². The lowest BCUT2D eigenvalue weighted by molar-refractivity contribution is -0.130. The molecule has 1 aliphatic heterocycles. The maximum absolute atomic E-state index is 13.0. The van der Waals surface area contributed by atoms with Crippen molar-refractivity contribution in [3.05, 3.63) is 52.7 Å². The molecule has 30 heavy (non-hydrogen) atoms. The van der Waals surface area contributed by atoms with Crippen LogP contribution in [-0.4, -0.2) is 40.3 Å². The Labute approximate surface area is 176 Å². The Balaban J connectivity index is 1.44. The van der Waals surface area contributed by atoms with E-state index >= 15 is 0 Å². The lowest BCUT2D eigenvalue weighted by Crippen LogP contribution is -2.38. The zero-order valence-electron chi connectivity index (χ0n) is 17.5. The predicted octanol–water partition coefficient (Wildman–Crippen LogP) is 3.20. The van der Waals surface area contributed by atoms with Crippen LogP contribution in [0, 0.1) is 18.7 Å². The number of anilines is 1. The van der Waals surface area contributed by atoms with Gasteiger partial charge in [-0.3, -0.25) is 14.5 Å². The number of hydrogen-bond acceptors (Lipinski definition) is 4. The Kier molecular flexibility index (Phi) is 5.79. The molecule has 4 rings (SSSR count). The van der Waals surface area contributed by atoms with E-state index in [0.717, 1.165) is 29.2 Å². The molecule has 2 aromatic rings. The van der Waals surface area contributed by atoms with E-state index in [9.17, 15) is 14.0 Å². The minimum absolute atomic E-state index is 0.0239. The van der Waals surface area contributed by atoms with Gasteiger partial charge in [-0.05, 0) is 56.2 Å². The van der Waals surface area contributed by atoms with Crippen LogP contribution in [-0.2, 0) is 29.0 Å². The largest absolute Gasteiger partial charge is 0.338 e. The molecule has 0 saturated heterocycles. The molecule has 6 nitrogen and oxygen atoms in total. The Morgan fingerprint density at radius 1 is 1.20 bits per heavy atom. The first-order valence-electron chi connectivity index (χ1n) is 10.6. The number of hydrogen-bond donors (Lipinski definition) is 0. The third-order valence-electron chi connectivity index (χ3n) is 5.87. The van der Waals surface area contributed by atoms with Crippen molar-refractivity contribution in [1.29, 1.82) is 0 Å². The summed E-state index contributed by atoms with van der Waals surface area (Å²) in [6.45, 7) is 2.97. The van der Waals surface area contributed by atoms with Gasteiger partial charge in [-0.15, -0.1) is 0 Å². The maximum Gasteiger partial charge on any atom is 0.228 e. The second kappa shape index (κ2) is 8.50. The second-order valence-electron chi connectivity index (χ2n) is 8.35. The average molecular weight is 410 g/mol. The fourth-order valence-electron chi connectivity index (χ4n) is 3.85. The number of carbonyl (C=O) groups is 2. The second-order valence-corrected chi connectivity index (χ2v) is 8.35. The quantitative estimate of drug-likeness (QED) is 0.703. The highest BCUT2D eigenvalue weighted by Gasteiger charge is 2.33. The Bertz CT molecular complexity index is 956. The van der Waals surface area contributed by atoms with Crippen LogP contribution in [0.15, 0.2) is 24.3 Å². The van der Waals surface area contributed by atoms with E-state index in [0.29, 0.717) is 44.0 Å². The molecule has 2 amide bonds. The van der Waals surface area contributed by atoms with Crippen molar-refractivity contribution >= 4 is 17.6 Å². The van der Waals surface area contributed by atoms with Crippen molar-refractivity contribution in [2.75, 3.05) is 18.5 Å². The smallest absolute Gasteiger partial charge is 0.228 e. The highest BCUT2D eigenvalue weighted by Crippen LogP contribution is 2.35. The summed E-state index contributed by atoms with van der Waals surface area (Å²) in [4.78, 5) is 37.8. The van der Waals surface area contributed by atoms with Gasteiger partial charge < -0.3 is 4.90 Å². The van der Waals surface area contributed by atoms with E-state index in [2.05, 4.69) is 4.98 Å². The summed E-state index contributed by atoms with van der Waals surface area (Å²) in [5, 5.41) is 0. The molecule has 7 heteroatoms. The number of aryl methyl sites for hydroxylation is 2. The zero-order valence-corrected chi connectivity index (χ0v) is 17.5. The molecule has 1 aromatic carbocycles. The molecular weight excluding hydrogens is 383 g/mol. The van der Waals surface area contributed by atoms with Crippen molar-refractivity contribution in [2.24, 2.45) is 5.92 Å². The molecule has 0 bridgehead atoms. The van der Waals surface area contributed by atoms with Crippen LogP contribution < -0.4 is 4.90 Å². The van der Waals surface area contributed by atoms with Gasteiger partial charge in [0.1, 0.15) is 17.5 Å². The molecule has 1 aromatic heterocycles. The van der Waals surface area contributed by atoms with E-state index in [1.165, 1.54) is 25.0 Å². The fourth-order valence-corrected chi connectivity index (χ4v) is 3.85. The van der Waals surface area contributed by atoms with Gasteiger partial charge in [0, 0.05) is 37.7 Å². The van der Waals surface area contributed by atoms with Gasteiger partial charge in [-0.25, -0.2) is 14.4 Å². The molecule has 0 spiro atoms. The molecule has 1 fully saturated rings. The number of rotatable bonds is 7. The topological polar surface area (TPSA) is 66.4 Å². The lowest BCUT2D eigenvalue weighted by atomic mass is 10.0. The Morgan fingerprint density at radius 2 is 1.93 bits per heavy atom. The maximum atomic E-state index is 13.0. The van der Waals surface area contributed by atoms with Crippen LogP contribution in [0.3, 0.4) is 0 Å². The number of benzene rings is 1. The normalized spacial score (nSPS) is 15.8. The van der Waals surface area contributed by atoms with E-state index in [1.807, 2.05) is 11.8 Å². The van der Waals surface area contributed by atoms with E-state index in [4.69, 9.17) is 4.98 Å². The van der Waals surface area contributed by atoms with Gasteiger partial charge in [-0.1, -0.05) is 12.1 Å². The molecule has 2 aliphatic rings. The summed E-state index contributed by atoms with van der Waals surface area (Å²) in [6.07, 6.45) is 4.40. The van der Waals surface area contributed by atoms with Crippen LogP contribution in [0.4, 0.5) is 10.2 Å². The number of carbonyl (C=O) groups excluding carboxylic acids is 2. The standard InChI is InChI=1S/C23H27FN4O2/c1-15-19-10-12-22(30)28(13-17-3-4-17)23(19)26-20(25-15)14-27(2)21(29)11-7-16-5-8-18(24)9-6-16/h5-6,8-9,17H,3-4,7,10-14H2,1-2H3. The number of amides is 2. The van der Waals surface area contributed by atoms with Crippen molar-refractivity contribution in [3.8, 4) is 0 Å². The molecule has 2 heterocycles. The van der Waals surface area contributed by atoms with Crippen LogP contribution in [0.5, 0.6) is 0 Å². The van der Waals surface area contributed by atoms with Gasteiger partial charge >= 0.3 is 0 Å². The Hall–Kier alpha value is -2.83. The summed E-state index contributed by atoms with van der Waals surface area (Å²) in [5.74, 6) is 1.68. The Morgan fingerprint density at radius 3 is 2.63 bits per heavy atom. The van der Waals surface area contributed by atoms with Crippen molar-refractivity contribution in [3.63, 3.8) is 0 Å². The predicted molar refractivity (Wildman–Crippen MR) is 111 cm³/mol. The minimum atomic E-state index is -0.281. The first-order chi connectivity index (χ1) is 14.4. The number of nitrogens with zero attached hydrogens (tertiary/aromatic N) is 4. The zero-order chi connectivity index (χ0) is 21.3. The number of aromatic nitrogens is 2. The van der Waals surface area contributed by atoms with Crippen molar-refractivity contribution < 1.29 is 14.0 Å². The summed E-state index contributed by atoms with van der Waals surface area (Å²) in [6, 6.07) is 6.21. The first kappa shape index (κ1) is 20.4. The van der Waals surface area contributed by atoms with E-state index < -0.39 is 0 Å². The average Bonchev–Trinajstić information content (AvgIpc) is 3.53. The van der Waals surface area contributed by atoms with Gasteiger partial charge in [0.05, 0.1) is 6.54 Å². The van der Waals surface area contributed by atoms with Gasteiger partial charge in [-0.2, -0.15) is 0 Å². The molecule has 0 atom stereocenters. The third kappa shape index (κ3) is 4.66. The summed E-state index contributed by atoms with van der Waals surface area (Å²) in [5.41, 5.74) is 2.85. The summed E-state index contributed by atoms with van der Waals surface area (Å²) < 4.78 is 13.0. The summed E-state index contributed by atoms with van der Waals surface area (Å²) >= 11 is 0. The molecule has 158 valence electrons.